The van der Waals surface area contributed by atoms with Gasteiger partial charge in [-0.15, -0.1) is 0 Å². The van der Waals surface area contributed by atoms with E-state index in [9.17, 15) is 9.59 Å². The van der Waals surface area contributed by atoms with E-state index in [0.29, 0.717) is 12.1 Å². The van der Waals surface area contributed by atoms with Gasteiger partial charge in [-0.2, -0.15) is 0 Å². The molecule has 0 bridgehead atoms. The van der Waals surface area contributed by atoms with Gasteiger partial charge < -0.3 is 10.1 Å². The van der Waals surface area contributed by atoms with E-state index in [2.05, 4.69) is 10.3 Å². The highest BCUT2D eigenvalue weighted by atomic mass is 35.5. The maximum Gasteiger partial charge on any atom is 0.342 e. The van der Waals surface area contributed by atoms with Crippen molar-refractivity contribution in [3.8, 4) is 0 Å². The highest BCUT2D eigenvalue weighted by Crippen LogP contribution is 2.16. The highest BCUT2D eigenvalue weighted by molar-refractivity contribution is 6.32. The minimum atomic E-state index is -0.903. The number of rotatable bonds is 5. The number of halogens is 1. The molecule has 1 N–H and O–H groups in total. The predicted molar refractivity (Wildman–Crippen MR) is 88.6 cm³/mol. The summed E-state index contributed by atoms with van der Waals surface area (Å²) in [6.07, 6.45) is 0.918. The van der Waals surface area contributed by atoms with Crippen molar-refractivity contribution in [1.29, 1.82) is 0 Å². The minimum absolute atomic E-state index is 0.0476. The van der Waals surface area contributed by atoms with Crippen molar-refractivity contribution in [2.45, 2.75) is 26.4 Å². The van der Waals surface area contributed by atoms with Crippen molar-refractivity contribution >= 4 is 29.2 Å². The Kier molecular flexibility index (Phi) is 5.71. The number of aryl methyl sites for hydroxylation is 1. The highest BCUT2D eigenvalue weighted by Gasteiger charge is 2.23. The average Bonchev–Trinajstić information content (AvgIpc) is 2.52. The first-order valence-corrected chi connectivity index (χ1v) is 7.58. The van der Waals surface area contributed by atoms with Crippen molar-refractivity contribution in [3.63, 3.8) is 0 Å². The van der Waals surface area contributed by atoms with Crippen LogP contribution in [0, 0.1) is 6.92 Å². The molecule has 0 aliphatic heterocycles. The number of anilines is 1. The first kappa shape index (κ1) is 17.0. The van der Waals surface area contributed by atoms with Gasteiger partial charge in [-0.1, -0.05) is 30.7 Å². The zero-order chi connectivity index (χ0) is 16.8. The van der Waals surface area contributed by atoms with Crippen LogP contribution in [-0.2, 0) is 9.53 Å². The second kappa shape index (κ2) is 7.74. The lowest BCUT2D eigenvalue weighted by Gasteiger charge is -2.16. The molecule has 1 heterocycles. The fourth-order valence-electron chi connectivity index (χ4n) is 2.00. The van der Waals surface area contributed by atoms with Crippen LogP contribution in [0.4, 0.5) is 5.69 Å². The molecule has 2 aromatic rings. The zero-order valence-electron chi connectivity index (χ0n) is 12.9. The zero-order valence-corrected chi connectivity index (χ0v) is 13.6. The predicted octanol–water partition coefficient (Wildman–Crippen LogP) is 3.62. The molecule has 120 valence electrons. The first-order valence-electron chi connectivity index (χ1n) is 7.20. The molecule has 23 heavy (non-hydrogen) atoms. The van der Waals surface area contributed by atoms with E-state index in [0.717, 1.165) is 5.56 Å². The van der Waals surface area contributed by atoms with Crippen LogP contribution >= 0.6 is 11.6 Å². The topological polar surface area (TPSA) is 68.3 Å². The van der Waals surface area contributed by atoms with Gasteiger partial charge in [-0.3, -0.25) is 4.79 Å². The molecule has 0 fully saturated rings. The van der Waals surface area contributed by atoms with Gasteiger partial charge in [0.05, 0.1) is 5.56 Å². The largest absolute Gasteiger partial charge is 0.449 e. The van der Waals surface area contributed by atoms with Crippen molar-refractivity contribution in [2.75, 3.05) is 5.32 Å². The molecule has 0 aliphatic rings. The number of nitrogens with one attached hydrogen (secondary N) is 1. The molecule has 2 rings (SSSR count). The van der Waals surface area contributed by atoms with Crippen molar-refractivity contribution in [1.82, 2.24) is 4.98 Å². The summed E-state index contributed by atoms with van der Waals surface area (Å²) >= 11 is 5.86. The molecule has 1 aromatic carbocycles. The van der Waals surface area contributed by atoms with Gasteiger partial charge in [0.15, 0.2) is 6.10 Å². The van der Waals surface area contributed by atoms with E-state index < -0.39 is 12.1 Å². The van der Waals surface area contributed by atoms with Gasteiger partial charge in [-0.25, -0.2) is 9.78 Å². The molecule has 0 saturated heterocycles. The van der Waals surface area contributed by atoms with Crippen LogP contribution in [0.5, 0.6) is 0 Å². The van der Waals surface area contributed by atoms with Gasteiger partial charge >= 0.3 is 5.97 Å². The lowest BCUT2D eigenvalue weighted by molar-refractivity contribution is -0.124. The third-order valence-corrected chi connectivity index (χ3v) is 3.48. The summed E-state index contributed by atoms with van der Waals surface area (Å²) in [5, 5.41) is 2.79. The van der Waals surface area contributed by atoms with Crippen molar-refractivity contribution in [2.24, 2.45) is 0 Å². The maximum absolute atomic E-state index is 12.3. The van der Waals surface area contributed by atoms with E-state index in [1.54, 1.807) is 19.1 Å². The second-order valence-corrected chi connectivity index (χ2v) is 5.36. The fourth-order valence-corrected chi connectivity index (χ4v) is 2.20. The number of benzene rings is 1. The molecule has 1 aromatic heterocycles. The van der Waals surface area contributed by atoms with Crippen LogP contribution < -0.4 is 5.32 Å². The number of hydrogen-bond acceptors (Lipinski definition) is 4. The Hall–Kier alpha value is -2.40. The number of carbonyl (C=O) groups excluding carboxylic acids is 2. The Labute approximate surface area is 139 Å². The van der Waals surface area contributed by atoms with Gasteiger partial charge in [-0.05, 0) is 43.2 Å². The van der Waals surface area contributed by atoms with Crippen LogP contribution in [0.3, 0.4) is 0 Å². The van der Waals surface area contributed by atoms with E-state index >= 15 is 0 Å². The summed E-state index contributed by atoms with van der Waals surface area (Å²) in [5.41, 5.74) is 1.81. The summed E-state index contributed by atoms with van der Waals surface area (Å²) in [7, 11) is 0. The number of aromatic nitrogens is 1. The minimum Gasteiger partial charge on any atom is -0.449 e. The van der Waals surface area contributed by atoms with E-state index in [1.807, 2.05) is 25.1 Å². The SMILES string of the molecule is CCC(OC(=O)c1cccnc1Cl)C(=O)Nc1cccc(C)c1. The number of ether oxygens (including phenoxy) is 1. The Morgan fingerprint density at radius 1 is 1.30 bits per heavy atom. The molecule has 6 heteroatoms. The molecule has 0 aliphatic carbocycles. The molecule has 0 saturated carbocycles. The monoisotopic (exact) mass is 332 g/mol. The molecular weight excluding hydrogens is 316 g/mol. The number of nitrogens with zero attached hydrogens (tertiary/aromatic N) is 1. The Balaban J connectivity index is 2.06. The summed E-state index contributed by atoms with van der Waals surface area (Å²) < 4.78 is 5.26. The van der Waals surface area contributed by atoms with Gasteiger partial charge in [0, 0.05) is 11.9 Å². The van der Waals surface area contributed by atoms with Gasteiger partial charge in [0.25, 0.3) is 5.91 Å². The number of carbonyl (C=O) groups is 2. The first-order chi connectivity index (χ1) is 11.0. The van der Waals surface area contributed by atoms with Crippen LogP contribution in [0.2, 0.25) is 5.15 Å². The molecule has 0 radical (unpaired) electrons. The second-order valence-electron chi connectivity index (χ2n) is 5.00. The maximum atomic E-state index is 12.3. The Bertz CT molecular complexity index is 718. The number of pyridine rings is 1. The molecule has 5 nitrogen and oxygen atoms in total. The summed E-state index contributed by atoms with van der Waals surface area (Å²) in [5.74, 6) is -1.05. The quantitative estimate of drug-likeness (QED) is 0.670. The number of amides is 1. The summed E-state index contributed by atoms with van der Waals surface area (Å²) in [6, 6.07) is 10.5. The van der Waals surface area contributed by atoms with Crippen molar-refractivity contribution < 1.29 is 14.3 Å². The van der Waals surface area contributed by atoms with Crippen LogP contribution in [0.1, 0.15) is 29.3 Å². The molecule has 1 amide bonds. The van der Waals surface area contributed by atoms with Crippen LogP contribution in [-0.4, -0.2) is 23.0 Å². The van der Waals surface area contributed by atoms with Gasteiger partial charge in [0.2, 0.25) is 0 Å². The van der Waals surface area contributed by atoms with Crippen LogP contribution in [0.25, 0.3) is 0 Å². The van der Waals surface area contributed by atoms with E-state index in [-0.39, 0.29) is 16.6 Å². The number of hydrogen-bond donors (Lipinski definition) is 1. The third kappa shape index (κ3) is 4.53. The number of esters is 1. The van der Waals surface area contributed by atoms with E-state index in [1.165, 1.54) is 12.3 Å². The molecule has 0 spiro atoms. The summed E-state index contributed by atoms with van der Waals surface area (Å²) in [4.78, 5) is 28.2. The van der Waals surface area contributed by atoms with Gasteiger partial charge in [0.1, 0.15) is 5.15 Å². The third-order valence-electron chi connectivity index (χ3n) is 3.18. The molecular formula is C17H17ClN2O3. The normalized spacial score (nSPS) is 11.6. The smallest absolute Gasteiger partial charge is 0.342 e. The van der Waals surface area contributed by atoms with Crippen molar-refractivity contribution in [3.05, 3.63) is 58.9 Å². The standard InChI is InChI=1S/C17H17ClN2O3/c1-3-14(16(21)20-12-7-4-6-11(2)10-12)23-17(22)13-8-5-9-19-15(13)18/h4-10,14H,3H2,1-2H3,(H,20,21). The average molecular weight is 333 g/mol. The lowest BCUT2D eigenvalue weighted by atomic mass is 10.2. The Morgan fingerprint density at radius 3 is 2.74 bits per heavy atom. The fraction of sp³-hybridized carbons (Fsp3) is 0.235. The lowest BCUT2D eigenvalue weighted by Crippen LogP contribution is -2.32. The Morgan fingerprint density at radius 2 is 2.09 bits per heavy atom. The van der Waals surface area contributed by atoms with E-state index in [4.69, 9.17) is 16.3 Å². The summed E-state index contributed by atoms with van der Waals surface area (Å²) in [6.45, 7) is 3.69. The molecule has 1 unspecified atom stereocenters. The molecule has 1 atom stereocenters. The van der Waals surface area contributed by atoms with Crippen LogP contribution in [0.15, 0.2) is 42.6 Å².